The molecule has 1 nitrogen and oxygen atoms in total. The second-order valence-corrected chi connectivity index (χ2v) is 5.82. The molecule has 1 aliphatic rings. The van der Waals surface area contributed by atoms with Crippen LogP contribution >= 0.6 is 11.8 Å². The van der Waals surface area contributed by atoms with Crippen LogP contribution in [0.15, 0.2) is 4.99 Å². The van der Waals surface area contributed by atoms with Gasteiger partial charge in [-0.05, 0) is 5.92 Å². The van der Waals surface area contributed by atoms with Gasteiger partial charge in [0.15, 0.2) is 0 Å². The summed E-state index contributed by atoms with van der Waals surface area (Å²) in [5, 5.41) is 1.33. The van der Waals surface area contributed by atoms with Gasteiger partial charge in [0.25, 0.3) is 0 Å². The highest BCUT2D eigenvalue weighted by atomic mass is 32.2. The molecule has 0 fully saturated rings. The molecule has 0 saturated carbocycles. The van der Waals surface area contributed by atoms with Gasteiger partial charge in [-0.3, -0.25) is 4.99 Å². The molecule has 0 aromatic rings. The molecule has 70 valence electrons. The van der Waals surface area contributed by atoms with E-state index in [1.54, 1.807) is 0 Å². The number of aliphatic imine (C=N–C) groups is 1. The number of rotatable bonds is 1. The summed E-state index contributed by atoms with van der Waals surface area (Å²) in [6.07, 6.45) is 0. The van der Waals surface area contributed by atoms with E-state index >= 15 is 0 Å². The van der Waals surface area contributed by atoms with Gasteiger partial charge in [0, 0.05) is 11.2 Å². The molecule has 12 heavy (non-hydrogen) atoms. The van der Waals surface area contributed by atoms with Crippen LogP contribution < -0.4 is 0 Å². The monoisotopic (exact) mass is 185 g/mol. The van der Waals surface area contributed by atoms with Gasteiger partial charge in [-0.25, -0.2) is 0 Å². The van der Waals surface area contributed by atoms with Crippen molar-refractivity contribution in [3.63, 3.8) is 0 Å². The molecule has 1 heterocycles. The third-order valence-corrected chi connectivity index (χ3v) is 3.58. The highest BCUT2D eigenvalue weighted by Crippen LogP contribution is 2.32. The molecule has 0 saturated heterocycles. The molecular formula is C10H19NS. The van der Waals surface area contributed by atoms with Gasteiger partial charge in [0.1, 0.15) is 0 Å². The molecule has 1 aliphatic heterocycles. The van der Waals surface area contributed by atoms with Crippen LogP contribution in [0, 0.1) is 11.3 Å². The molecule has 0 aliphatic carbocycles. The Hall–Kier alpha value is 0.0200. The van der Waals surface area contributed by atoms with Crippen LogP contribution in [-0.4, -0.2) is 16.8 Å². The lowest BCUT2D eigenvalue weighted by atomic mass is 9.98. The lowest BCUT2D eigenvalue weighted by Crippen LogP contribution is -2.15. The zero-order chi connectivity index (χ0) is 9.35. The molecule has 0 aromatic heterocycles. The van der Waals surface area contributed by atoms with Crippen molar-refractivity contribution in [1.82, 2.24) is 0 Å². The van der Waals surface area contributed by atoms with Gasteiger partial charge in [-0.1, -0.05) is 34.6 Å². The van der Waals surface area contributed by atoms with Gasteiger partial charge < -0.3 is 0 Å². The second kappa shape index (κ2) is 3.41. The smallest absolute Gasteiger partial charge is 0.0734 e. The average Bonchev–Trinajstić information content (AvgIpc) is 2.30. The predicted octanol–water partition coefficient (Wildman–Crippen LogP) is 3.20. The summed E-state index contributed by atoms with van der Waals surface area (Å²) < 4.78 is 0. The lowest BCUT2D eigenvalue weighted by Gasteiger charge is -2.17. The van der Waals surface area contributed by atoms with Crippen molar-refractivity contribution < 1.29 is 0 Å². The van der Waals surface area contributed by atoms with E-state index in [-0.39, 0.29) is 5.41 Å². The van der Waals surface area contributed by atoms with Crippen molar-refractivity contribution in [2.24, 2.45) is 16.3 Å². The van der Waals surface area contributed by atoms with Gasteiger partial charge >= 0.3 is 0 Å². The van der Waals surface area contributed by atoms with E-state index in [1.807, 2.05) is 11.8 Å². The van der Waals surface area contributed by atoms with Crippen LogP contribution in [0.2, 0.25) is 0 Å². The number of hydrogen-bond donors (Lipinski definition) is 0. The van der Waals surface area contributed by atoms with Crippen molar-refractivity contribution in [3.8, 4) is 0 Å². The highest BCUT2D eigenvalue weighted by Gasteiger charge is 2.28. The fourth-order valence-corrected chi connectivity index (χ4v) is 2.57. The Kier molecular flexibility index (Phi) is 2.87. The zero-order valence-corrected chi connectivity index (χ0v) is 9.53. The minimum Gasteiger partial charge on any atom is -0.278 e. The molecule has 0 spiro atoms. The Balaban J connectivity index is 2.66. The van der Waals surface area contributed by atoms with E-state index in [1.165, 1.54) is 10.8 Å². The third kappa shape index (κ3) is 2.25. The molecule has 0 aromatic carbocycles. The summed E-state index contributed by atoms with van der Waals surface area (Å²) in [5.41, 5.74) is 0.258. The van der Waals surface area contributed by atoms with Crippen molar-refractivity contribution in [1.29, 1.82) is 0 Å². The minimum atomic E-state index is 0.258. The summed E-state index contributed by atoms with van der Waals surface area (Å²) >= 11 is 1.94. The summed E-state index contributed by atoms with van der Waals surface area (Å²) in [6, 6.07) is 0.559. The SMILES string of the molecule is CC(C)[C@H]1CSC(C(C)(C)C)=N1. The van der Waals surface area contributed by atoms with E-state index in [9.17, 15) is 0 Å². The average molecular weight is 185 g/mol. The van der Waals surface area contributed by atoms with E-state index in [4.69, 9.17) is 4.99 Å². The first-order valence-electron chi connectivity index (χ1n) is 4.62. The molecule has 2 heteroatoms. The van der Waals surface area contributed by atoms with E-state index in [0.717, 1.165) is 0 Å². The normalized spacial score (nSPS) is 24.8. The molecular weight excluding hydrogens is 166 g/mol. The first kappa shape index (κ1) is 10.1. The Labute approximate surface area is 80.0 Å². The van der Waals surface area contributed by atoms with Crippen molar-refractivity contribution >= 4 is 16.8 Å². The van der Waals surface area contributed by atoms with E-state index in [0.29, 0.717) is 12.0 Å². The highest BCUT2D eigenvalue weighted by molar-refractivity contribution is 8.14. The van der Waals surface area contributed by atoms with Gasteiger partial charge in [-0.15, -0.1) is 11.8 Å². The predicted molar refractivity (Wildman–Crippen MR) is 58.0 cm³/mol. The number of nitrogens with zero attached hydrogens (tertiary/aromatic N) is 1. The minimum absolute atomic E-state index is 0.258. The van der Waals surface area contributed by atoms with Crippen LogP contribution in [-0.2, 0) is 0 Å². The van der Waals surface area contributed by atoms with Crippen LogP contribution in [0.5, 0.6) is 0 Å². The first-order chi connectivity index (χ1) is 5.41. The number of hydrogen-bond acceptors (Lipinski definition) is 2. The molecule has 1 atom stereocenters. The Morgan fingerprint density at radius 3 is 2.25 bits per heavy atom. The Bertz CT molecular complexity index is 189. The number of thioether (sulfide) groups is 1. The Morgan fingerprint density at radius 1 is 1.42 bits per heavy atom. The van der Waals surface area contributed by atoms with Gasteiger partial charge in [0.05, 0.1) is 11.1 Å². The fraction of sp³-hybridized carbons (Fsp3) is 0.900. The lowest BCUT2D eigenvalue weighted by molar-refractivity contribution is 0.532. The maximum absolute atomic E-state index is 4.74. The fourth-order valence-electron chi connectivity index (χ4n) is 1.14. The maximum Gasteiger partial charge on any atom is 0.0734 e. The third-order valence-electron chi connectivity index (χ3n) is 2.09. The van der Waals surface area contributed by atoms with Crippen LogP contribution in [0.1, 0.15) is 34.6 Å². The quantitative estimate of drug-likeness (QED) is 0.611. The summed E-state index contributed by atoms with van der Waals surface area (Å²) in [6.45, 7) is 11.2. The largest absolute Gasteiger partial charge is 0.278 e. The Morgan fingerprint density at radius 2 is 2.00 bits per heavy atom. The van der Waals surface area contributed by atoms with Crippen molar-refractivity contribution in [3.05, 3.63) is 0 Å². The first-order valence-corrected chi connectivity index (χ1v) is 5.61. The van der Waals surface area contributed by atoms with Crippen LogP contribution in [0.3, 0.4) is 0 Å². The zero-order valence-electron chi connectivity index (χ0n) is 8.72. The standard InChI is InChI=1S/C10H19NS/c1-7(2)8-6-12-9(11-8)10(3,4)5/h7-8H,6H2,1-5H3/t8-/m1/s1. The molecule has 1 rings (SSSR count). The molecule has 0 radical (unpaired) electrons. The van der Waals surface area contributed by atoms with E-state index < -0.39 is 0 Å². The molecule has 0 unspecified atom stereocenters. The van der Waals surface area contributed by atoms with Crippen molar-refractivity contribution in [2.45, 2.75) is 40.7 Å². The van der Waals surface area contributed by atoms with Crippen molar-refractivity contribution in [2.75, 3.05) is 5.75 Å². The molecule has 0 N–H and O–H groups in total. The van der Waals surface area contributed by atoms with Crippen LogP contribution in [0.4, 0.5) is 0 Å². The van der Waals surface area contributed by atoms with E-state index in [2.05, 4.69) is 34.6 Å². The van der Waals surface area contributed by atoms with Gasteiger partial charge in [-0.2, -0.15) is 0 Å². The van der Waals surface area contributed by atoms with Gasteiger partial charge in [0.2, 0.25) is 0 Å². The second-order valence-electron chi connectivity index (χ2n) is 4.81. The summed E-state index contributed by atoms with van der Waals surface area (Å²) in [7, 11) is 0. The van der Waals surface area contributed by atoms with Crippen LogP contribution in [0.25, 0.3) is 0 Å². The summed E-state index contributed by atoms with van der Waals surface area (Å²) in [5.74, 6) is 1.88. The topological polar surface area (TPSA) is 12.4 Å². The maximum atomic E-state index is 4.74. The molecule has 0 bridgehead atoms. The molecule has 0 amide bonds. The summed E-state index contributed by atoms with van der Waals surface area (Å²) in [4.78, 5) is 4.74.